The predicted molar refractivity (Wildman–Crippen MR) is 129 cm³/mol. The van der Waals surface area contributed by atoms with Crippen LogP contribution in [-0.2, 0) is 11.8 Å². The van der Waals surface area contributed by atoms with E-state index in [1.165, 1.54) is 0 Å². The summed E-state index contributed by atoms with van der Waals surface area (Å²) in [7, 11) is 3.73. The molecule has 4 heterocycles. The van der Waals surface area contributed by atoms with Crippen molar-refractivity contribution in [1.29, 1.82) is 0 Å². The maximum atomic E-state index is 12.6. The second kappa shape index (κ2) is 9.33. The third-order valence-corrected chi connectivity index (χ3v) is 6.36. The fraction of sp³-hybridized carbons (Fsp3) is 0.400. The summed E-state index contributed by atoms with van der Waals surface area (Å²) >= 11 is 0. The molecule has 0 amide bonds. The smallest absolute Gasteiger partial charge is 0.326 e. The van der Waals surface area contributed by atoms with E-state index < -0.39 is 0 Å². The highest BCUT2D eigenvalue weighted by molar-refractivity contribution is 6.04. The standard InChI is InChI=1S/C25H29N5O3/c1-26-10-3-11-33-21-7-5-18(15-27-21)17-4-6-20-19(14-17)23-24(30(2)25(31)29-23)22(28-20)16-8-12-32-13-9-16/h4-7,14-16,26H,3,8-13H2,1-2H3,(H,29,31). The average molecular weight is 448 g/mol. The summed E-state index contributed by atoms with van der Waals surface area (Å²) in [5.41, 5.74) is 5.47. The van der Waals surface area contributed by atoms with Gasteiger partial charge in [-0.05, 0) is 56.6 Å². The van der Waals surface area contributed by atoms with Crippen molar-refractivity contribution in [3.05, 3.63) is 52.7 Å². The van der Waals surface area contributed by atoms with E-state index in [0.29, 0.717) is 12.5 Å². The molecule has 33 heavy (non-hydrogen) atoms. The summed E-state index contributed by atoms with van der Waals surface area (Å²) in [6.07, 6.45) is 4.59. The van der Waals surface area contributed by atoms with Gasteiger partial charge in [-0.2, -0.15) is 0 Å². The minimum atomic E-state index is -0.126. The van der Waals surface area contributed by atoms with Crippen LogP contribution in [0.15, 0.2) is 41.3 Å². The van der Waals surface area contributed by atoms with Crippen LogP contribution in [0.4, 0.5) is 0 Å². The molecular formula is C25H29N5O3. The van der Waals surface area contributed by atoms with E-state index in [-0.39, 0.29) is 11.6 Å². The van der Waals surface area contributed by atoms with Crippen molar-refractivity contribution >= 4 is 21.9 Å². The number of H-pyrrole nitrogens is 1. The Bertz CT molecular complexity index is 1320. The van der Waals surface area contributed by atoms with Crippen molar-refractivity contribution in [3.8, 4) is 17.0 Å². The number of hydrogen-bond acceptors (Lipinski definition) is 6. The summed E-state index contributed by atoms with van der Waals surface area (Å²) in [4.78, 5) is 25.1. The number of pyridine rings is 2. The number of nitrogens with one attached hydrogen (secondary N) is 2. The zero-order valence-corrected chi connectivity index (χ0v) is 19.1. The molecule has 0 saturated carbocycles. The van der Waals surface area contributed by atoms with E-state index in [4.69, 9.17) is 14.5 Å². The molecule has 1 aliphatic rings. The van der Waals surface area contributed by atoms with Crippen molar-refractivity contribution in [2.75, 3.05) is 33.4 Å². The number of ether oxygens (including phenoxy) is 2. The first kappa shape index (κ1) is 21.6. The molecule has 1 aliphatic heterocycles. The highest BCUT2D eigenvalue weighted by Crippen LogP contribution is 2.35. The predicted octanol–water partition coefficient (Wildman–Crippen LogP) is 3.36. The van der Waals surface area contributed by atoms with Crippen LogP contribution in [0.25, 0.3) is 33.1 Å². The number of aromatic nitrogens is 4. The Labute approximate surface area is 192 Å². The number of rotatable bonds is 7. The van der Waals surface area contributed by atoms with Crippen LogP contribution >= 0.6 is 0 Å². The SMILES string of the molecule is CNCCCOc1ccc(-c2ccc3nc(C4CCOCC4)c4c([nH]c(=O)n4C)c3c2)cn1. The molecule has 0 atom stereocenters. The van der Waals surface area contributed by atoms with Gasteiger partial charge in [0.2, 0.25) is 5.88 Å². The van der Waals surface area contributed by atoms with Gasteiger partial charge < -0.3 is 19.8 Å². The molecule has 2 N–H and O–H groups in total. The molecule has 0 unspecified atom stereocenters. The third kappa shape index (κ3) is 4.24. The molecule has 4 aromatic rings. The van der Waals surface area contributed by atoms with Crippen LogP contribution in [-0.4, -0.2) is 52.9 Å². The zero-order chi connectivity index (χ0) is 22.8. The minimum Gasteiger partial charge on any atom is -0.478 e. The van der Waals surface area contributed by atoms with Gasteiger partial charge in [0.05, 0.1) is 28.9 Å². The molecule has 1 fully saturated rings. The summed E-state index contributed by atoms with van der Waals surface area (Å²) in [5.74, 6) is 0.907. The molecule has 8 heteroatoms. The van der Waals surface area contributed by atoms with Gasteiger partial charge in [-0.1, -0.05) is 6.07 Å². The van der Waals surface area contributed by atoms with Crippen LogP contribution in [0.5, 0.6) is 5.88 Å². The third-order valence-electron chi connectivity index (χ3n) is 6.36. The van der Waals surface area contributed by atoms with Gasteiger partial charge >= 0.3 is 5.69 Å². The van der Waals surface area contributed by atoms with E-state index in [2.05, 4.69) is 27.4 Å². The molecule has 1 saturated heterocycles. The van der Waals surface area contributed by atoms with Gasteiger partial charge in [0, 0.05) is 49.4 Å². The second-order valence-corrected chi connectivity index (χ2v) is 8.52. The Balaban J connectivity index is 1.52. The van der Waals surface area contributed by atoms with E-state index in [1.807, 2.05) is 31.4 Å². The lowest BCUT2D eigenvalue weighted by Crippen LogP contribution is -2.17. The van der Waals surface area contributed by atoms with E-state index >= 15 is 0 Å². The topological polar surface area (TPSA) is 94.1 Å². The Morgan fingerprint density at radius 1 is 1.21 bits per heavy atom. The Kier molecular flexibility index (Phi) is 6.11. The molecule has 0 spiro atoms. The Hall–Kier alpha value is -3.23. The molecule has 0 aliphatic carbocycles. The molecule has 3 aromatic heterocycles. The number of imidazole rings is 1. The number of aromatic amines is 1. The number of hydrogen-bond donors (Lipinski definition) is 2. The van der Waals surface area contributed by atoms with Crippen LogP contribution in [0.3, 0.4) is 0 Å². The quantitative estimate of drug-likeness (QED) is 0.422. The zero-order valence-electron chi connectivity index (χ0n) is 19.1. The lowest BCUT2D eigenvalue weighted by molar-refractivity contribution is 0.0848. The first-order valence-electron chi connectivity index (χ1n) is 11.5. The van der Waals surface area contributed by atoms with Gasteiger partial charge in [0.15, 0.2) is 0 Å². The Morgan fingerprint density at radius 2 is 2.03 bits per heavy atom. The first-order valence-corrected chi connectivity index (χ1v) is 11.5. The average Bonchev–Trinajstić information content (AvgIpc) is 3.16. The van der Waals surface area contributed by atoms with Crippen LogP contribution < -0.4 is 15.7 Å². The van der Waals surface area contributed by atoms with Crippen LogP contribution in [0.2, 0.25) is 0 Å². The number of aryl methyl sites for hydroxylation is 1. The van der Waals surface area contributed by atoms with Crippen LogP contribution in [0, 0.1) is 0 Å². The fourth-order valence-corrected chi connectivity index (χ4v) is 4.53. The lowest BCUT2D eigenvalue weighted by atomic mass is 9.93. The normalized spacial score (nSPS) is 14.8. The summed E-state index contributed by atoms with van der Waals surface area (Å²) in [5, 5.41) is 4.04. The van der Waals surface area contributed by atoms with Crippen molar-refractivity contribution in [2.24, 2.45) is 7.05 Å². The maximum absolute atomic E-state index is 12.6. The van der Waals surface area contributed by atoms with Crippen molar-refractivity contribution in [2.45, 2.75) is 25.2 Å². The summed E-state index contributed by atoms with van der Waals surface area (Å²) in [6, 6.07) is 10.1. The minimum absolute atomic E-state index is 0.126. The highest BCUT2D eigenvalue weighted by atomic mass is 16.5. The van der Waals surface area contributed by atoms with E-state index in [1.54, 1.807) is 11.6 Å². The van der Waals surface area contributed by atoms with Crippen molar-refractivity contribution < 1.29 is 9.47 Å². The van der Waals surface area contributed by atoms with Gasteiger partial charge in [0.25, 0.3) is 0 Å². The largest absolute Gasteiger partial charge is 0.478 e. The molecule has 1 aromatic carbocycles. The second-order valence-electron chi connectivity index (χ2n) is 8.52. The summed E-state index contributed by atoms with van der Waals surface area (Å²) < 4.78 is 12.9. The van der Waals surface area contributed by atoms with E-state index in [0.717, 1.165) is 77.8 Å². The molecule has 172 valence electrons. The molecule has 0 bridgehead atoms. The van der Waals surface area contributed by atoms with Crippen molar-refractivity contribution in [1.82, 2.24) is 24.8 Å². The first-order chi connectivity index (χ1) is 16.2. The van der Waals surface area contributed by atoms with Crippen molar-refractivity contribution in [3.63, 3.8) is 0 Å². The lowest BCUT2D eigenvalue weighted by Gasteiger charge is -2.23. The molecular weight excluding hydrogens is 418 g/mol. The van der Waals surface area contributed by atoms with Gasteiger partial charge in [-0.15, -0.1) is 0 Å². The van der Waals surface area contributed by atoms with Gasteiger partial charge in [-0.3, -0.25) is 9.55 Å². The molecule has 5 rings (SSSR count). The maximum Gasteiger partial charge on any atom is 0.326 e. The van der Waals surface area contributed by atoms with Gasteiger partial charge in [-0.25, -0.2) is 9.78 Å². The molecule has 0 radical (unpaired) electrons. The molecule has 8 nitrogen and oxygen atoms in total. The number of nitrogens with zero attached hydrogens (tertiary/aromatic N) is 3. The monoisotopic (exact) mass is 447 g/mol. The Morgan fingerprint density at radius 3 is 2.79 bits per heavy atom. The van der Waals surface area contributed by atoms with Crippen LogP contribution in [0.1, 0.15) is 30.9 Å². The fourth-order valence-electron chi connectivity index (χ4n) is 4.53. The number of benzene rings is 1. The highest BCUT2D eigenvalue weighted by Gasteiger charge is 2.24. The van der Waals surface area contributed by atoms with Gasteiger partial charge in [0.1, 0.15) is 0 Å². The number of fused-ring (bicyclic) bond motifs is 3. The van der Waals surface area contributed by atoms with E-state index in [9.17, 15) is 4.79 Å². The summed E-state index contributed by atoms with van der Waals surface area (Å²) in [6.45, 7) is 3.00.